The highest BCUT2D eigenvalue weighted by Gasteiger charge is 2.28. The molecule has 0 fully saturated rings. The summed E-state index contributed by atoms with van der Waals surface area (Å²) in [7, 11) is 4.71. The quantitative estimate of drug-likeness (QED) is 0.0804. The van der Waals surface area contributed by atoms with Crippen LogP contribution >= 0.6 is 0 Å². The Balaban J connectivity index is 1.47. The third-order valence-electron chi connectivity index (χ3n) is 7.74. The molecule has 0 atom stereocenters. The molecule has 0 saturated heterocycles. The van der Waals surface area contributed by atoms with E-state index in [0.29, 0.717) is 0 Å². The molecule has 0 unspecified atom stereocenters. The molecule has 24 heteroatoms. The van der Waals surface area contributed by atoms with Gasteiger partial charge in [-0.25, -0.2) is 9.59 Å². The van der Waals surface area contributed by atoms with Crippen molar-refractivity contribution in [3.8, 4) is 82.1 Å². The average Bonchev–Trinajstić information content (AvgIpc) is 3.24. The zero-order chi connectivity index (χ0) is 42.5. The third-order valence-corrected chi connectivity index (χ3v) is 7.74. The van der Waals surface area contributed by atoms with Gasteiger partial charge in [0.2, 0.25) is 11.5 Å². The molecule has 2 aromatic heterocycles. The minimum absolute atomic E-state index is 0.0328. The van der Waals surface area contributed by atoms with Gasteiger partial charge in [0.05, 0.1) is 49.4 Å². The van der Waals surface area contributed by atoms with Gasteiger partial charge < -0.3 is 47.4 Å². The van der Waals surface area contributed by atoms with Gasteiger partial charge in [0.15, 0.2) is 23.0 Å². The molecule has 0 amide bonds. The Kier molecular flexibility index (Phi) is 10.9. The lowest BCUT2D eigenvalue weighted by Crippen LogP contribution is -2.08. The molecule has 60 heavy (non-hydrogen) atoms. The normalized spacial score (nSPS) is 11.3. The lowest BCUT2D eigenvalue weighted by Gasteiger charge is -2.19. The number of hydrogen-bond donors (Lipinski definition) is 0. The summed E-state index contributed by atoms with van der Waals surface area (Å²) in [6.45, 7) is 0. The summed E-state index contributed by atoms with van der Waals surface area (Å²) < 4.78 is 57.1. The van der Waals surface area contributed by atoms with Crippen LogP contribution in [0.1, 0.15) is 20.7 Å². The van der Waals surface area contributed by atoms with Crippen LogP contribution in [0.15, 0.2) is 72.8 Å². The Bertz CT molecular complexity index is 2390. The number of carbonyl (C=O) groups is 2. The standard InChI is InChI=1S/C36H24N8O16/c1-51-29(45)17-13-23-27(55-21-9-5-19(6-10-21)43(47)48)24(14-17)58-34-38-32(54-4)40-36(42-34)60-26-16-18(30(46)52-2)15-25(59-35-39-31(53-3)37-33(41-35)57-23)28(26)56-22-11-7-20(8-12-22)44(49)50/h5-16H,1-4H3. The number of aromatic nitrogens is 6. The predicted octanol–water partition coefficient (Wildman–Crippen LogP) is 6.53. The molecule has 0 N–H and O–H groups in total. The molecular weight excluding hydrogens is 800 g/mol. The summed E-state index contributed by atoms with van der Waals surface area (Å²) in [6, 6.07) is 11.7. The number of nitro benzene ring substituents is 2. The van der Waals surface area contributed by atoms with E-state index in [1.54, 1.807) is 0 Å². The summed E-state index contributed by atoms with van der Waals surface area (Å²) in [5.41, 5.74) is -0.796. The second-order valence-corrected chi connectivity index (χ2v) is 11.5. The molecule has 0 aliphatic carbocycles. The molecule has 24 nitrogen and oxygen atoms in total. The van der Waals surface area contributed by atoms with Crippen molar-refractivity contribution >= 4 is 23.3 Å². The van der Waals surface area contributed by atoms with Crippen LogP contribution in [0.5, 0.6) is 82.1 Å². The van der Waals surface area contributed by atoms with Crippen molar-refractivity contribution in [2.24, 2.45) is 0 Å². The first kappa shape index (κ1) is 39.3. The summed E-state index contributed by atoms with van der Waals surface area (Å²) in [5.74, 6) is -3.47. The Morgan fingerprint density at radius 2 is 0.800 bits per heavy atom. The third kappa shape index (κ3) is 8.55. The SMILES string of the molecule is COC(=O)c1cc2c(Oc3ccc([N+](=O)[O-])cc3)c(c1)Oc1nc(OC)nc(n1)Oc1cc(C(=O)OC)cc(c1Oc1ccc([N+](=O)[O-])cc1)Oc1nc(OC)nc(n1)O2. The van der Waals surface area contributed by atoms with Gasteiger partial charge in [0.25, 0.3) is 11.4 Å². The number of fused-ring (bicyclic) bond motifs is 8. The van der Waals surface area contributed by atoms with E-state index < -0.39 is 45.8 Å². The van der Waals surface area contributed by atoms with E-state index in [1.807, 2.05) is 0 Å². The lowest BCUT2D eigenvalue weighted by atomic mass is 10.1. The maximum atomic E-state index is 13.0. The van der Waals surface area contributed by atoms with Crippen LogP contribution in [0.4, 0.5) is 11.4 Å². The van der Waals surface area contributed by atoms with Crippen molar-refractivity contribution < 1.29 is 66.8 Å². The molecule has 8 bridgehead atoms. The fraction of sp³-hybridized carbons (Fsp3) is 0.111. The molecule has 304 valence electrons. The molecule has 7 rings (SSSR count). The monoisotopic (exact) mass is 824 g/mol. The molecule has 6 aromatic rings. The highest BCUT2D eigenvalue weighted by atomic mass is 16.6. The highest BCUT2D eigenvalue weighted by Crippen LogP contribution is 2.48. The predicted molar refractivity (Wildman–Crippen MR) is 195 cm³/mol. The highest BCUT2D eigenvalue weighted by molar-refractivity contribution is 5.92. The van der Waals surface area contributed by atoms with Crippen molar-refractivity contribution in [3.63, 3.8) is 0 Å². The molecule has 0 saturated carbocycles. The van der Waals surface area contributed by atoms with Crippen LogP contribution in [0, 0.1) is 20.2 Å². The van der Waals surface area contributed by atoms with Crippen LogP contribution < -0.4 is 37.9 Å². The Morgan fingerprint density at radius 1 is 0.500 bits per heavy atom. The number of carbonyl (C=O) groups excluding carboxylic acids is 2. The number of ether oxygens (including phenoxy) is 10. The number of rotatable bonds is 10. The number of esters is 2. The number of nitrogens with zero attached hydrogens (tertiary/aromatic N) is 8. The maximum absolute atomic E-state index is 13.0. The average molecular weight is 825 g/mol. The molecule has 1 aliphatic rings. The van der Waals surface area contributed by atoms with Gasteiger partial charge in [-0.3, -0.25) is 20.2 Å². The van der Waals surface area contributed by atoms with Crippen molar-refractivity contribution in [2.75, 3.05) is 28.4 Å². The van der Waals surface area contributed by atoms with Crippen LogP contribution in [0.2, 0.25) is 0 Å². The number of methoxy groups -OCH3 is 4. The summed E-state index contributed by atoms with van der Waals surface area (Å²) >= 11 is 0. The maximum Gasteiger partial charge on any atom is 0.338 e. The van der Waals surface area contributed by atoms with Gasteiger partial charge in [-0.1, -0.05) is 0 Å². The number of benzene rings is 4. The van der Waals surface area contributed by atoms with E-state index in [2.05, 4.69) is 29.9 Å². The largest absolute Gasteiger partial charge is 0.467 e. The minimum atomic E-state index is -0.865. The first-order valence-corrected chi connectivity index (χ1v) is 16.6. The van der Waals surface area contributed by atoms with Gasteiger partial charge >= 0.3 is 48.0 Å². The Hall–Kier alpha value is -8.96. The molecule has 3 heterocycles. The molecule has 0 radical (unpaired) electrons. The molecule has 0 spiro atoms. The van der Waals surface area contributed by atoms with E-state index in [4.69, 9.17) is 47.4 Å². The van der Waals surface area contributed by atoms with Crippen LogP contribution in [0.25, 0.3) is 0 Å². The molecule has 4 aromatic carbocycles. The smallest absolute Gasteiger partial charge is 0.338 e. The summed E-state index contributed by atoms with van der Waals surface area (Å²) in [4.78, 5) is 72.4. The number of hydrogen-bond acceptors (Lipinski definition) is 22. The van der Waals surface area contributed by atoms with Crippen molar-refractivity contribution in [1.82, 2.24) is 29.9 Å². The van der Waals surface area contributed by atoms with Crippen molar-refractivity contribution in [3.05, 3.63) is 104 Å². The summed E-state index contributed by atoms with van der Waals surface area (Å²) in [5, 5.41) is 22.7. The topological polar surface area (TPSA) is 290 Å². The fourth-order valence-electron chi connectivity index (χ4n) is 5.04. The van der Waals surface area contributed by atoms with Gasteiger partial charge in [-0.05, 0) is 48.5 Å². The molecule has 1 aliphatic heterocycles. The summed E-state index contributed by atoms with van der Waals surface area (Å²) in [6.07, 6.45) is 0. The van der Waals surface area contributed by atoms with E-state index >= 15 is 0 Å². The number of non-ortho nitro benzene ring substituents is 2. The Labute approximate surface area is 334 Å². The van der Waals surface area contributed by atoms with Gasteiger partial charge in [-0.15, -0.1) is 29.9 Å². The fourth-order valence-corrected chi connectivity index (χ4v) is 5.04. The molecular formula is C36H24N8O16. The van der Waals surface area contributed by atoms with E-state index in [9.17, 15) is 29.8 Å². The Morgan fingerprint density at radius 3 is 1.05 bits per heavy atom. The minimum Gasteiger partial charge on any atom is -0.467 e. The van der Waals surface area contributed by atoms with Crippen LogP contribution in [0.3, 0.4) is 0 Å². The van der Waals surface area contributed by atoms with E-state index in [0.717, 1.165) is 14.2 Å². The zero-order valence-electron chi connectivity index (χ0n) is 31.0. The van der Waals surface area contributed by atoms with E-state index in [1.165, 1.54) is 87.0 Å². The van der Waals surface area contributed by atoms with Gasteiger partial charge in [0.1, 0.15) is 11.5 Å². The van der Waals surface area contributed by atoms with E-state index in [-0.39, 0.29) is 80.5 Å². The zero-order valence-corrected chi connectivity index (χ0v) is 31.0. The second-order valence-electron chi connectivity index (χ2n) is 11.5. The first-order chi connectivity index (χ1) is 28.9. The van der Waals surface area contributed by atoms with Crippen LogP contribution in [-0.4, -0.2) is 80.1 Å². The van der Waals surface area contributed by atoms with Gasteiger partial charge in [-0.2, -0.15) is 0 Å². The number of nitro groups is 2. The van der Waals surface area contributed by atoms with Crippen molar-refractivity contribution in [1.29, 1.82) is 0 Å². The second kappa shape index (κ2) is 16.6. The first-order valence-electron chi connectivity index (χ1n) is 16.6. The van der Waals surface area contributed by atoms with Crippen molar-refractivity contribution in [2.45, 2.75) is 0 Å². The van der Waals surface area contributed by atoms with Gasteiger partial charge in [0, 0.05) is 24.3 Å². The van der Waals surface area contributed by atoms with Crippen LogP contribution in [-0.2, 0) is 9.47 Å². The lowest BCUT2D eigenvalue weighted by molar-refractivity contribution is -0.385.